The van der Waals surface area contributed by atoms with Crippen LogP contribution in [0.5, 0.6) is 5.75 Å². The number of fused-ring (bicyclic) bond motifs is 1. The standard InChI is InChI=1S/C12H12O4S.Na.H/c1-8-7-11(17(13,14)15)9-5-3-4-6-10(16-2)12(8)9;;/h3-7H,1-2H3,(H,13,14,15);;. The molecule has 0 spiro atoms. The van der Waals surface area contributed by atoms with E-state index < -0.39 is 10.1 Å². The molecule has 0 fully saturated rings. The third-order valence-corrected chi connectivity index (χ3v) is 3.54. The van der Waals surface area contributed by atoms with Gasteiger partial charge in [0, 0.05) is 11.1 Å². The molecular weight excluding hydrogens is 263 g/mol. The van der Waals surface area contributed by atoms with E-state index in [0.717, 1.165) is 5.56 Å². The van der Waals surface area contributed by atoms with Crippen LogP contribution >= 0.6 is 0 Å². The molecule has 2 aliphatic carbocycles. The first-order chi connectivity index (χ1) is 7.95. The van der Waals surface area contributed by atoms with Crippen LogP contribution in [0.4, 0.5) is 0 Å². The van der Waals surface area contributed by atoms with E-state index in [0.29, 0.717) is 16.9 Å². The molecule has 0 saturated carbocycles. The maximum absolute atomic E-state index is 11.3. The number of rotatable bonds is 2. The van der Waals surface area contributed by atoms with Crippen LogP contribution in [0, 0.1) is 6.92 Å². The maximum atomic E-state index is 11.3. The number of hydrogen-bond donors (Lipinski definition) is 1. The van der Waals surface area contributed by atoms with Gasteiger partial charge in [-0.3, -0.25) is 4.55 Å². The Hall–Kier alpha value is -0.590. The minimum atomic E-state index is -4.22. The van der Waals surface area contributed by atoms with E-state index in [1.165, 1.54) is 13.2 Å². The molecule has 4 nitrogen and oxygen atoms in total. The normalized spacial score (nSPS) is 11.1. The Morgan fingerprint density at radius 2 is 1.83 bits per heavy atom. The first-order valence-electron chi connectivity index (χ1n) is 4.99. The topological polar surface area (TPSA) is 63.6 Å². The van der Waals surface area contributed by atoms with Gasteiger partial charge in [-0.05, 0) is 24.6 Å². The van der Waals surface area contributed by atoms with Gasteiger partial charge in [-0.2, -0.15) is 8.42 Å². The Balaban J connectivity index is 0.00000162. The molecule has 1 N–H and O–H groups in total. The van der Waals surface area contributed by atoms with Crippen molar-refractivity contribution in [1.82, 2.24) is 0 Å². The zero-order valence-electron chi connectivity index (χ0n) is 9.47. The molecule has 92 valence electrons. The van der Waals surface area contributed by atoms with Crippen molar-refractivity contribution < 1.29 is 17.7 Å². The van der Waals surface area contributed by atoms with E-state index in [1.54, 1.807) is 31.2 Å². The SMILES string of the molecule is COc1ccccc2c(S(=O)(=O)O)cc(C)c1-2.[NaH]. The summed E-state index contributed by atoms with van der Waals surface area (Å²) in [5, 5.41) is 0. The van der Waals surface area contributed by atoms with E-state index in [4.69, 9.17) is 4.74 Å². The fourth-order valence-electron chi connectivity index (χ4n) is 1.94. The fraction of sp³-hybridized carbons (Fsp3) is 0.167. The molecule has 0 bridgehead atoms. The average molecular weight is 276 g/mol. The van der Waals surface area contributed by atoms with Crippen molar-refractivity contribution in [2.75, 3.05) is 7.11 Å². The molecule has 0 atom stereocenters. The summed E-state index contributed by atoms with van der Waals surface area (Å²) in [4.78, 5) is -0.0838. The first-order valence-corrected chi connectivity index (χ1v) is 6.43. The zero-order valence-corrected chi connectivity index (χ0v) is 10.3. The quantitative estimate of drug-likeness (QED) is 0.670. The molecule has 18 heavy (non-hydrogen) atoms. The Bertz CT molecular complexity index is 637. The van der Waals surface area contributed by atoms with Crippen molar-refractivity contribution in [3.8, 4) is 16.9 Å². The Morgan fingerprint density at radius 1 is 1.22 bits per heavy atom. The fourth-order valence-corrected chi connectivity index (χ4v) is 2.71. The second-order valence-corrected chi connectivity index (χ2v) is 5.13. The van der Waals surface area contributed by atoms with Gasteiger partial charge in [0.2, 0.25) is 0 Å². The van der Waals surface area contributed by atoms with Crippen molar-refractivity contribution in [2.45, 2.75) is 11.8 Å². The number of methoxy groups -OCH3 is 1. The summed E-state index contributed by atoms with van der Waals surface area (Å²) in [6.45, 7) is 1.78. The van der Waals surface area contributed by atoms with Gasteiger partial charge in [-0.15, -0.1) is 0 Å². The van der Waals surface area contributed by atoms with Crippen LogP contribution in [-0.2, 0) is 10.1 Å². The third-order valence-electron chi connectivity index (χ3n) is 2.64. The molecule has 0 radical (unpaired) electrons. The van der Waals surface area contributed by atoms with Crippen molar-refractivity contribution in [1.29, 1.82) is 0 Å². The Morgan fingerprint density at radius 3 is 2.39 bits per heavy atom. The molecule has 0 aromatic rings. The molecule has 0 unspecified atom stereocenters. The summed E-state index contributed by atoms with van der Waals surface area (Å²) in [5.74, 6) is 0.581. The summed E-state index contributed by atoms with van der Waals surface area (Å²) in [6, 6.07) is 8.31. The Kier molecular flexibility index (Phi) is 4.80. The van der Waals surface area contributed by atoms with Crippen LogP contribution < -0.4 is 4.74 Å². The summed E-state index contributed by atoms with van der Waals surface area (Å²) < 4.78 is 36.9. The molecular formula is C12H13NaO4S. The number of aryl methyl sites for hydroxylation is 1. The molecule has 6 heteroatoms. The van der Waals surface area contributed by atoms with E-state index in [1.807, 2.05) is 0 Å². The van der Waals surface area contributed by atoms with Crippen LogP contribution in [0.15, 0.2) is 35.2 Å². The summed E-state index contributed by atoms with van der Waals surface area (Å²) in [6.07, 6.45) is 0. The first kappa shape index (κ1) is 15.5. The summed E-state index contributed by atoms with van der Waals surface area (Å²) >= 11 is 0. The van der Waals surface area contributed by atoms with E-state index in [-0.39, 0.29) is 34.5 Å². The van der Waals surface area contributed by atoms with Gasteiger partial charge >= 0.3 is 29.6 Å². The van der Waals surface area contributed by atoms with Crippen molar-refractivity contribution in [3.63, 3.8) is 0 Å². The molecule has 2 rings (SSSR count). The molecule has 0 amide bonds. The van der Waals surface area contributed by atoms with Crippen LogP contribution in [0.3, 0.4) is 0 Å². The summed E-state index contributed by atoms with van der Waals surface area (Å²) in [5.41, 5.74) is 1.91. The second-order valence-electron chi connectivity index (χ2n) is 3.74. The van der Waals surface area contributed by atoms with Crippen LogP contribution in [0.1, 0.15) is 5.56 Å². The predicted octanol–water partition coefficient (Wildman–Crippen LogP) is 1.71. The number of hydrogen-bond acceptors (Lipinski definition) is 3. The third kappa shape index (κ3) is 2.70. The second kappa shape index (κ2) is 5.59. The van der Waals surface area contributed by atoms with Gasteiger partial charge in [0.05, 0.1) is 7.11 Å². The molecule has 0 aliphatic heterocycles. The summed E-state index contributed by atoms with van der Waals surface area (Å²) in [7, 11) is -2.70. The molecule has 2 aliphatic rings. The van der Waals surface area contributed by atoms with Gasteiger partial charge in [-0.25, -0.2) is 0 Å². The predicted molar refractivity (Wildman–Crippen MR) is 71.3 cm³/mol. The molecule has 0 aromatic carbocycles. The van der Waals surface area contributed by atoms with Gasteiger partial charge in [-0.1, -0.05) is 18.2 Å². The van der Waals surface area contributed by atoms with Gasteiger partial charge < -0.3 is 4.74 Å². The van der Waals surface area contributed by atoms with Crippen molar-refractivity contribution in [2.24, 2.45) is 0 Å². The van der Waals surface area contributed by atoms with E-state index >= 15 is 0 Å². The van der Waals surface area contributed by atoms with Gasteiger partial charge in [0.25, 0.3) is 10.1 Å². The molecule has 0 heterocycles. The average Bonchev–Trinajstić information content (AvgIpc) is 2.47. The van der Waals surface area contributed by atoms with Crippen molar-refractivity contribution in [3.05, 3.63) is 35.9 Å². The van der Waals surface area contributed by atoms with Gasteiger partial charge in [0.15, 0.2) is 0 Å². The van der Waals surface area contributed by atoms with Crippen LogP contribution in [0.2, 0.25) is 0 Å². The van der Waals surface area contributed by atoms with Gasteiger partial charge in [0.1, 0.15) is 10.6 Å². The van der Waals surface area contributed by atoms with Crippen LogP contribution in [-0.4, -0.2) is 49.6 Å². The molecule has 0 aromatic heterocycles. The van der Waals surface area contributed by atoms with Crippen molar-refractivity contribution >= 4 is 39.7 Å². The molecule has 0 saturated heterocycles. The monoisotopic (exact) mass is 276 g/mol. The Labute approximate surface area is 128 Å². The van der Waals surface area contributed by atoms with E-state index in [2.05, 4.69) is 0 Å². The minimum absolute atomic E-state index is 0. The zero-order chi connectivity index (χ0) is 12.6. The van der Waals surface area contributed by atoms with E-state index in [9.17, 15) is 13.0 Å². The van der Waals surface area contributed by atoms with Crippen LogP contribution in [0.25, 0.3) is 11.1 Å². The number of ether oxygens (including phenoxy) is 1.